The molecule has 208 valence electrons. The topological polar surface area (TPSA) is 36.9 Å². The van der Waals surface area contributed by atoms with Crippen LogP contribution < -0.4 is 18.9 Å². The van der Waals surface area contributed by atoms with Crippen LogP contribution in [-0.4, -0.2) is 28.4 Å². The highest BCUT2D eigenvalue weighted by molar-refractivity contribution is 5.54. The maximum atomic E-state index is 5.87. The van der Waals surface area contributed by atoms with E-state index in [1.165, 1.54) is 22.3 Å². The quantitative estimate of drug-likeness (QED) is 0.262. The molecule has 40 heavy (non-hydrogen) atoms. The lowest BCUT2D eigenvalue weighted by Crippen LogP contribution is -2.08. The minimum Gasteiger partial charge on any atom is -0.496 e. The molecule has 0 aromatic heterocycles. The smallest absolute Gasteiger partial charge is 0.122 e. The molecule has 0 saturated heterocycles. The van der Waals surface area contributed by atoms with Crippen molar-refractivity contribution >= 4 is 0 Å². The number of fused-ring (bicyclic) bond motifs is 8. The van der Waals surface area contributed by atoms with E-state index in [0.29, 0.717) is 0 Å². The Hall–Kier alpha value is -3.92. The first kappa shape index (κ1) is 27.6. The van der Waals surface area contributed by atoms with Crippen LogP contribution in [0.3, 0.4) is 0 Å². The second-order valence-corrected chi connectivity index (χ2v) is 10.9. The number of methoxy groups -OCH3 is 4. The van der Waals surface area contributed by atoms with Crippen molar-refractivity contribution in [1.82, 2.24) is 0 Å². The van der Waals surface area contributed by atoms with Crippen molar-refractivity contribution in [1.29, 1.82) is 0 Å². The molecule has 0 radical (unpaired) electrons. The molecule has 4 heteroatoms. The Morgan fingerprint density at radius 3 is 0.725 bits per heavy atom. The van der Waals surface area contributed by atoms with Gasteiger partial charge < -0.3 is 18.9 Å². The van der Waals surface area contributed by atoms with E-state index < -0.39 is 0 Å². The third-order valence-electron chi connectivity index (χ3n) is 8.88. The SMILES string of the molecule is COc1ccc2cc1C(C)c1ccc(OC)c(c1)C(C)c1ccc(OC)c(c1)C(C)c1ccc(OC)c(c1)C2C. The van der Waals surface area contributed by atoms with Crippen LogP contribution in [-0.2, 0) is 0 Å². The number of hydrogen-bond acceptors (Lipinski definition) is 4. The lowest BCUT2D eigenvalue weighted by atomic mass is 9.81. The fourth-order valence-electron chi connectivity index (χ4n) is 6.16. The third kappa shape index (κ3) is 4.81. The van der Waals surface area contributed by atoms with Gasteiger partial charge in [-0.1, -0.05) is 76.2 Å². The monoisotopic (exact) mass is 536 g/mol. The average Bonchev–Trinajstić information content (AvgIpc) is 3.01. The summed E-state index contributed by atoms with van der Waals surface area (Å²) >= 11 is 0. The van der Waals surface area contributed by atoms with Crippen LogP contribution in [0.5, 0.6) is 23.0 Å². The first-order valence-corrected chi connectivity index (χ1v) is 14.0. The van der Waals surface area contributed by atoms with Crippen LogP contribution in [0, 0.1) is 0 Å². The van der Waals surface area contributed by atoms with E-state index in [1.54, 1.807) is 28.4 Å². The lowest BCUT2D eigenvalue weighted by Gasteiger charge is -2.25. The van der Waals surface area contributed by atoms with Crippen molar-refractivity contribution in [2.45, 2.75) is 51.4 Å². The minimum atomic E-state index is 0.117. The highest BCUT2D eigenvalue weighted by Crippen LogP contribution is 2.43. The fourth-order valence-corrected chi connectivity index (χ4v) is 6.16. The standard InChI is InChI=1S/C36H40O4/c1-21-25-9-13-34(38-6)30(17-25)23(3)27-11-15-36(40-8)32(19-27)24(4)28-12-16-35(39-7)31(20-28)22(2)26-10-14-33(37-5)29(21)18-26/h9-24H,1-8H3. The zero-order valence-electron chi connectivity index (χ0n) is 24.9. The third-order valence-corrected chi connectivity index (χ3v) is 8.88. The van der Waals surface area contributed by atoms with E-state index in [-0.39, 0.29) is 23.7 Å². The summed E-state index contributed by atoms with van der Waals surface area (Å²) in [5.41, 5.74) is 9.55. The molecule has 5 rings (SSSR count). The maximum absolute atomic E-state index is 5.87. The van der Waals surface area contributed by atoms with Crippen LogP contribution in [0.15, 0.2) is 72.8 Å². The van der Waals surface area contributed by atoms with Gasteiger partial charge in [0.05, 0.1) is 28.4 Å². The van der Waals surface area contributed by atoms with Crippen molar-refractivity contribution in [3.63, 3.8) is 0 Å². The molecule has 1 aliphatic carbocycles. The maximum Gasteiger partial charge on any atom is 0.122 e. The van der Waals surface area contributed by atoms with Gasteiger partial charge in [-0.3, -0.25) is 0 Å². The summed E-state index contributed by atoms with van der Waals surface area (Å²) in [5.74, 6) is 4.04. The number of rotatable bonds is 4. The fraction of sp³-hybridized carbons (Fsp3) is 0.333. The molecule has 1 aliphatic rings. The first-order chi connectivity index (χ1) is 19.3. The van der Waals surface area contributed by atoms with E-state index >= 15 is 0 Å². The van der Waals surface area contributed by atoms with E-state index in [9.17, 15) is 0 Å². The molecule has 0 amide bonds. The predicted molar refractivity (Wildman–Crippen MR) is 162 cm³/mol. The van der Waals surface area contributed by atoms with Gasteiger partial charge in [-0.25, -0.2) is 0 Å². The molecule has 4 atom stereocenters. The van der Waals surface area contributed by atoms with Crippen molar-refractivity contribution in [3.8, 4) is 23.0 Å². The van der Waals surface area contributed by atoms with Gasteiger partial charge in [0.15, 0.2) is 0 Å². The molecule has 4 nitrogen and oxygen atoms in total. The summed E-state index contributed by atoms with van der Waals surface area (Å²) in [5, 5.41) is 0. The summed E-state index contributed by atoms with van der Waals surface area (Å²) in [4.78, 5) is 0. The van der Waals surface area contributed by atoms with Crippen LogP contribution in [0.25, 0.3) is 0 Å². The molecule has 0 spiro atoms. The van der Waals surface area contributed by atoms with Gasteiger partial charge >= 0.3 is 0 Å². The Kier molecular flexibility index (Phi) is 7.80. The van der Waals surface area contributed by atoms with E-state index in [4.69, 9.17) is 18.9 Å². The normalized spacial score (nSPS) is 20.0. The molecular formula is C36H40O4. The van der Waals surface area contributed by atoms with Crippen molar-refractivity contribution in [2.24, 2.45) is 0 Å². The van der Waals surface area contributed by atoms with Crippen LogP contribution >= 0.6 is 0 Å². The highest BCUT2D eigenvalue weighted by Gasteiger charge is 2.25. The Morgan fingerprint density at radius 2 is 0.550 bits per heavy atom. The summed E-state index contributed by atoms with van der Waals surface area (Å²) < 4.78 is 23.5. The molecule has 0 saturated carbocycles. The first-order valence-electron chi connectivity index (χ1n) is 14.0. The van der Waals surface area contributed by atoms with Crippen molar-refractivity contribution in [3.05, 3.63) is 117 Å². The van der Waals surface area contributed by atoms with Gasteiger partial charge in [0.1, 0.15) is 23.0 Å². The molecule has 4 aromatic carbocycles. The summed E-state index contributed by atoms with van der Waals surface area (Å²) in [6.45, 7) is 9.00. The zero-order chi connectivity index (χ0) is 28.6. The molecule has 4 unspecified atom stereocenters. The van der Waals surface area contributed by atoms with Crippen LogP contribution in [0.4, 0.5) is 0 Å². The molecule has 4 aromatic rings. The van der Waals surface area contributed by atoms with Gasteiger partial charge in [-0.05, 0) is 46.5 Å². The van der Waals surface area contributed by atoms with Gasteiger partial charge in [0.2, 0.25) is 0 Å². The van der Waals surface area contributed by atoms with E-state index in [2.05, 4.69) is 100 Å². The Labute approximate surface area is 238 Å². The number of benzene rings is 4. The van der Waals surface area contributed by atoms with Crippen molar-refractivity contribution < 1.29 is 18.9 Å². The Balaban J connectivity index is 1.81. The average molecular weight is 537 g/mol. The summed E-state index contributed by atoms with van der Waals surface area (Å²) in [7, 11) is 6.99. The largest absolute Gasteiger partial charge is 0.496 e. The number of ether oxygens (including phenoxy) is 4. The minimum absolute atomic E-state index is 0.117. The second kappa shape index (κ2) is 11.3. The highest BCUT2D eigenvalue weighted by atomic mass is 16.5. The molecule has 0 heterocycles. The molecule has 8 bridgehead atoms. The van der Waals surface area contributed by atoms with Gasteiger partial charge in [-0.2, -0.15) is 0 Å². The van der Waals surface area contributed by atoms with Crippen molar-refractivity contribution in [2.75, 3.05) is 28.4 Å². The van der Waals surface area contributed by atoms with Crippen LogP contribution in [0.1, 0.15) is 95.9 Å². The zero-order valence-corrected chi connectivity index (χ0v) is 24.9. The molecule has 0 fully saturated rings. The van der Waals surface area contributed by atoms with E-state index in [1.807, 2.05) is 0 Å². The van der Waals surface area contributed by atoms with E-state index in [0.717, 1.165) is 45.3 Å². The lowest BCUT2D eigenvalue weighted by molar-refractivity contribution is 0.405. The molecule has 0 N–H and O–H groups in total. The van der Waals surface area contributed by atoms with Crippen LogP contribution in [0.2, 0.25) is 0 Å². The summed E-state index contributed by atoms with van der Waals surface area (Å²) in [6, 6.07) is 26.3. The number of hydrogen-bond donors (Lipinski definition) is 0. The molecule has 0 aliphatic heterocycles. The molecular weight excluding hydrogens is 496 g/mol. The Morgan fingerprint density at radius 1 is 0.350 bits per heavy atom. The Bertz CT molecular complexity index is 1290. The van der Waals surface area contributed by atoms with Gasteiger partial charge in [-0.15, -0.1) is 0 Å². The predicted octanol–water partition coefficient (Wildman–Crippen LogP) is 8.64. The van der Waals surface area contributed by atoms with Gasteiger partial charge in [0.25, 0.3) is 0 Å². The summed E-state index contributed by atoms with van der Waals surface area (Å²) in [6.07, 6.45) is 0. The second-order valence-electron chi connectivity index (χ2n) is 10.9. The van der Waals surface area contributed by atoms with Gasteiger partial charge in [0, 0.05) is 45.9 Å².